The van der Waals surface area contributed by atoms with Crippen LogP contribution in [0.1, 0.15) is 24.6 Å². The molecule has 126 valence electrons. The molecule has 1 heterocycles. The van der Waals surface area contributed by atoms with Crippen LogP contribution in [0, 0.1) is 0 Å². The van der Waals surface area contributed by atoms with Gasteiger partial charge < -0.3 is 4.74 Å². The molecule has 0 radical (unpaired) electrons. The second kappa shape index (κ2) is 7.99. The van der Waals surface area contributed by atoms with Crippen molar-refractivity contribution in [1.82, 2.24) is 4.98 Å². The highest BCUT2D eigenvalue weighted by atomic mass is 32.2. The lowest BCUT2D eigenvalue weighted by Gasteiger charge is -2.07. The molecule has 3 nitrogen and oxygen atoms in total. The van der Waals surface area contributed by atoms with E-state index >= 15 is 0 Å². The minimum atomic E-state index is -0.260. The Morgan fingerprint density at radius 3 is 2.60 bits per heavy atom. The number of hydrogen-bond donors (Lipinski definition) is 0. The smallest absolute Gasteiger partial charge is 0.310 e. The van der Waals surface area contributed by atoms with E-state index in [2.05, 4.69) is 35.5 Å². The van der Waals surface area contributed by atoms with E-state index in [-0.39, 0.29) is 5.97 Å². The molecule has 0 fully saturated rings. The van der Waals surface area contributed by atoms with Crippen molar-refractivity contribution in [3.63, 3.8) is 0 Å². The molecule has 0 aliphatic heterocycles. The van der Waals surface area contributed by atoms with Crippen LogP contribution in [0.4, 0.5) is 0 Å². The average molecular weight is 349 g/mol. The van der Waals surface area contributed by atoms with E-state index in [4.69, 9.17) is 4.74 Å². The van der Waals surface area contributed by atoms with Gasteiger partial charge >= 0.3 is 5.97 Å². The number of para-hydroxylation sites is 1. The first kappa shape index (κ1) is 17.2. The highest BCUT2D eigenvalue weighted by Gasteiger charge is 2.08. The van der Waals surface area contributed by atoms with Crippen LogP contribution in [0.15, 0.2) is 59.5 Å². The zero-order valence-electron chi connectivity index (χ0n) is 14.2. The molecule has 0 aliphatic rings. The van der Waals surface area contributed by atoms with Crippen LogP contribution in [0.2, 0.25) is 0 Å². The number of carbonyl (C=O) groups excluding carboxylic acids is 1. The molecule has 0 unspecified atom stereocenters. The molecular formula is C21H19NO2S. The molecule has 0 atom stereocenters. The molecule has 0 aliphatic carbocycles. The summed E-state index contributed by atoms with van der Waals surface area (Å²) in [5.74, 6) is 0.244. The van der Waals surface area contributed by atoms with Gasteiger partial charge in [0, 0.05) is 16.7 Å². The van der Waals surface area contributed by atoms with Crippen LogP contribution in [0.25, 0.3) is 23.1 Å². The molecule has 3 rings (SSSR count). The molecule has 0 saturated heterocycles. The SMILES string of the molecule is CCC(=O)Oc1cccc2ccc(C=Cc3ccc(SC)cc3)nc12. The number of nitrogens with zero attached hydrogens (tertiary/aromatic N) is 1. The van der Waals surface area contributed by atoms with Gasteiger partial charge in [-0.1, -0.05) is 43.3 Å². The lowest BCUT2D eigenvalue weighted by Crippen LogP contribution is -2.06. The maximum absolute atomic E-state index is 11.6. The monoisotopic (exact) mass is 349 g/mol. The number of thioether (sulfide) groups is 1. The van der Waals surface area contributed by atoms with Gasteiger partial charge in [0.1, 0.15) is 5.52 Å². The van der Waals surface area contributed by atoms with E-state index in [1.54, 1.807) is 24.8 Å². The summed E-state index contributed by atoms with van der Waals surface area (Å²) in [5.41, 5.74) is 2.64. The van der Waals surface area contributed by atoms with Gasteiger partial charge in [0.2, 0.25) is 0 Å². The van der Waals surface area contributed by atoms with Crippen LogP contribution in [0.5, 0.6) is 5.75 Å². The molecule has 0 spiro atoms. The number of rotatable bonds is 5. The molecule has 25 heavy (non-hydrogen) atoms. The van der Waals surface area contributed by atoms with E-state index in [1.165, 1.54) is 4.90 Å². The van der Waals surface area contributed by atoms with E-state index in [0.717, 1.165) is 16.6 Å². The third-order valence-electron chi connectivity index (χ3n) is 3.78. The first-order valence-electron chi connectivity index (χ1n) is 8.12. The zero-order chi connectivity index (χ0) is 17.6. The van der Waals surface area contributed by atoms with Gasteiger partial charge in [-0.3, -0.25) is 4.79 Å². The largest absolute Gasteiger partial charge is 0.424 e. The molecule has 3 aromatic rings. The molecule has 0 N–H and O–H groups in total. The Hall–Kier alpha value is -2.59. The van der Waals surface area contributed by atoms with E-state index in [9.17, 15) is 4.79 Å². The molecule has 2 aromatic carbocycles. The van der Waals surface area contributed by atoms with Gasteiger partial charge in [-0.25, -0.2) is 4.98 Å². The summed E-state index contributed by atoms with van der Waals surface area (Å²) < 4.78 is 5.39. The minimum absolute atomic E-state index is 0.260. The summed E-state index contributed by atoms with van der Waals surface area (Å²) in [7, 11) is 0. The van der Waals surface area contributed by atoms with Gasteiger partial charge in [0.05, 0.1) is 5.69 Å². The lowest BCUT2D eigenvalue weighted by molar-refractivity contribution is -0.133. The van der Waals surface area contributed by atoms with Crippen LogP contribution in [-0.2, 0) is 4.79 Å². The fourth-order valence-electron chi connectivity index (χ4n) is 2.40. The number of hydrogen-bond acceptors (Lipinski definition) is 4. The van der Waals surface area contributed by atoms with E-state index in [1.807, 2.05) is 36.4 Å². The van der Waals surface area contributed by atoms with Crippen molar-refractivity contribution >= 4 is 40.8 Å². The van der Waals surface area contributed by atoms with Gasteiger partial charge in [-0.15, -0.1) is 11.8 Å². The molecule has 1 aromatic heterocycles. The summed E-state index contributed by atoms with van der Waals surface area (Å²) >= 11 is 1.72. The van der Waals surface area contributed by atoms with Gasteiger partial charge in [0.15, 0.2) is 5.75 Å². The maximum Gasteiger partial charge on any atom is 0.310 e. The minimum Gasteiger partial charge on any atom is -0.424 e. The number of esters is 1. The number of aromatic nitrogens is 1. The van der Waals surface area contributed by atoms with Crippen LogP contribution < -0.4 is 4.74 Å². The normalized spacial score (nSPS) is 11.1. The number of carbonyl (C=O) groups is 1. The summed E-state index contributed by atoms with van der Waals surface area (Å²) in [6, 6.07) is 17.9. The van der Waals surface area contributed by atoms with Gasteiger partial charge in [-0.05, 0) is 42.2 Å². The van der Waals surface area contributed by atoms with Gasteiger partial charge in [0.25, 0.3) is 0 Å². The number of fused-ring (bicyclic) bond motifs is 1. The number of ether oxygens (including phenoxy) is 1. The number of pyridine rings is 1. The summed E-state index contributed by atoms with van der Waals surface area (Å²) in [5, 5.41) is 0.947. The predicted octanol–water partition coefficient (Wildman–Crippen LogP) is 5.44. The van der Waals surface area contributed by atoms with Crippen molar-refractivity contribution in [3.8, 4) is 5.75 Å². The first-order valence-corrected chi connectivity index (χ1v) is 9.34. The van der Waals surface area contributed by atoms with Gasteiger partial charge in [-0.2, -0.15) is 0 Å². The highest BCUT2D eigenvalue weighted by molar-refractivity contribution is 7.98. The van der Waals surface area contributed by atoms with Crippen molar-refractivity contribution in [2.45, 2.75) is 18.2 Å². The topological polar surface area (TPSA) is 39.2 Å². The molecule has 0 bridgehead atoms. The van der Waals surface area contributed by atoms with Crippen LogP contribution in [-0.4, -0.2) is 17.2 Å². The Kier molecular flexibility index (Phi) is 5.51. The Bertz CT molecular complexity index is 917. The second-order valence-electron chi connectivity index (χ2n) is 5.50. The van der Waals surface area contributed by atoms with Crippen LogP contribution >= 0.6 is 11.8 Å². The average Bonchev–Trinajstić information content (AvgIpc) is 2.67. The van der Waals surface area contributed by atoms with Crippen molar-refractivity contribution in [2.24, 2.45) is 0 Å². The van der Waals surface area contributed by atoms with Crippen molar-refractivity contribution in [3.05, 3.63) is 65.9 Å². The quantitative estimate of drug-likeness (QED) is 0.349. The lowest BCUT2D eigenvalue weighted by atomic mass is 10.1. The maximum atomic E-state index is 11.6. The van der Waals surface area contributed by atoms with E-state index in [0.29, 0.717) is 17.7 Å². The fraction of sp³-hybridized carbons (Fsp3) is 0.143. The summed E-state index contributed by atoms with van der Waals surface area (Å²) in [4.78, 5) is 17.5. The molecule has 0 saturated carbocycles. The molecular weight excluding hydrogens is 330 g/mol. The van der Waals surface area contributed by atoms with Crippen molar-refractivity contribution in [2.75, 3.05) is 6.26 Å². The third kappa shape index (κ3) is 4.28. The summed E-state index contributed by atoms with van der Waals surface area (Å²) in [6.07, 6.45) is 6.39. The molecule has 4 heteroatoms. The van der Waals surface area contributed by atoms with Crippen LogP contribution in [0.3, 0.4) is 0 Å². The van der Waals surface area contributed by atoms with Crippen molar-refractivity contribution < 1.29 is 9.53 Å². The Labute approximate surface area is 151 Å². The number of benzene rings is 2. The van der Waals surface area contributed by atoms with Crippen molar-refractivity contribution in [1.29, 1.82) is 0 Å². The Balaban J connectivity index is 1.90. The first-order chi connectivity index (χ1) is 12.2. The zero-order valence-corrected chi connectivity index (χ0v) is 15.0. The fourth-order valence-corrected chi connectivity index (χ4v) is 2.81. The highest BCUT2D eigenvalue weighted by Crippen LogP contribution is 2.25. The third-order valence-corrected chi connectivity index (χ3v) is 4.52. The Morgan fingerprint density at radius 2 is 1.88 bits per heavy atom. The Morgan fingerprint density at radius 1 is 1.08 bits per heavy atom. The predicted molar refractivity (Wildman–Crippen MR) is 105 cm³/mol. The van der Waals surface area contributed by atoms with E-state index < -0.39 is 0 Å². The summed E-state index contributed by atoms with van der Waals surface area (Å²) in [6.45, 7) is 1.78. The second-order valence-corrected chi connectivity index (χ2v) is 6.38. The molecule has 0 amide bonds. The standard InChI is InChI=1S/C21H19NO2S/c1-3-20(23)24-19-6-4-5-16-10-12-17(22-21(16)19)11-7-15-8-13-18(25-2)14-9-15/h4-14H,3H2,1-2H3.